The highest BCUT2D eigenvalue weighted by Gasteiger charge is 2.11. The van der Waals surface area contributed by atoms with Crippen LogP contribution in [0.4, 0.5) is 10.5 Å². The van der Waals surface area contributed by atoms with E-state index in [1.165, 1.54) is 4.90 Å². The summed E-state index contributed by atoms with van der Waals surface area (Å²) < 4.78 is 0. The zero-order valence-electron chi connectivity index (χ0n) is 11.5. The molecular weight excluding hydrogens is 298 g/mol. The van der Waals surface area contributed by atoms with Crippen molar-refractivity contribution in [3.8, 4) is 0 Å². The number of carbonyl (C=O) groups excluding carboxylic acids is 2. The number of carboxylic acids is 1. The number of rotatable bonds is 6. The molecule has 0 aliphatic rings. The minimum Gasteiger partial charge on any atom is -0.481 e. The Hall–Kier alpha value is -2.12. The number of carboxylic acid groups (broad SMARTS) is 1. The van der Waals surface area contributed by atoms with Gasteiger partial charge in [0.05, 0.1) is 13.0 Å². The van der Waals surface area contributed by atoms with Gasteiger partial charge in [-0.3, -0.25) is 19.8 Å². The summed E-state index contributed by atoms with van der Waals surface area (Å²) in [4.78, 5) is 35.0. The van der Waals surface area contributed by atoms with Gasteiger partial charge in [0.1, 0.15) is 0 Å². The average molecular weight is 316 g/mol. The predicted octanol–water partition coefficient (Wildman–Crippen LogP) is 1.16. The molecule has 0 radical (unpaired) electrons. The maximum atomic E-state index is 11.5. The number of hydrogen-bond acceptors (Lipinski definition) is 4. The molecule has 3 amide bonds. The smallest absolute Gasteiger partial charge is 0.325 e. The number of aliphatic carboxylic acids is 1. The summed E-state index contributed by atoms with van der Waals surface area (Å²) in [5, 5.41) is 13.2. The Morgan fingerprint density at radius 2 is 1.81 bits per heavy atom. The van der Waals surface area contributed by atoms with Gasteiger partial charge in [-0.2, -0.15) is 0 Å². The van der Waals surface area contributed by atoms with Gasteiger partial charge in [0.25, 0.3) is 0 Å². The standard InChI is InChI=1S/C13H17N3O4.ClH/c1-16(8-7-12(18)19)9-11(17)15-13(20)14-10-5-3-2-4-6-10;/h2-6H,7-9H2,1H3,(H,18,19)(H2,14,15,17,20);1H. The summed E-state index contributed by atoms with van der Waals surface area (Å²) in [6, 6.07) is 8.11. The van der Waals surface area contributed by atoms with E-state index in [4.69, 9.17) is 5.11 Å². The molecule has 0 saturated carbocycles. The Bertz CT molecular complexity index is 482. The third kappa shape index (κ3) is 8.61. The third-order valence-electron chi connectivity index (χ3n) is 2.41. The molecule has 1 aromatic carbocycles. The number of likely N-dealkylation sites (N-methyl/N-ethyl adjacent to an activating group) is 1. The Morgan fingerprint density at radius 3 is 2.38 bits per heavy atom. The zero-order chi connectivity index (χ0) is 15.0. The largest absolute Gasteiger partial charge is 0.481 e. The summed E-state index contributed by atoms with van der Waals surface area (Å²) in [6.45, 7) is 0.193. The van der Waals surface area contributed by atoms with E-state index in [-0.39, 0.29) is 31.9 Å². The highest BCUT2D eigenvalue weighted by Crippen LogP contribution is 2.03. The van der Waals surface area contributed by atoms with E-state index < -0.39 is 17.9 Å². The van der Waals surface area contributed by atoms with Crippen LogP contribution in [0.1, 0.15) is 6.42 Å². The maximum absolute atomic E-state index is 11.5. The molecule has 0 aromatic heterocycles. The van der Waals surface area contributed by atoms with Crippen LogP contribution in [0.25, 0.3) is 0 Å². The van der Waals surface area contributed by atoms with Gasteiger partial charge in [-0.15, -0.1) is 12.4 Å². The van der Waals surface area contributed by atoms with Crippen molar-refractivity contribution in [2.24, 2.45) is 0 Å². The van der Waals surface area contributed by atoms with Crippen LogP contribution in [-0.2, 0) is 9.59 Å². The Balaban J connectivity index is 0.00000400. The summed E-state index contributed by atoms with van der Waals surface area (Å²) in [6.07, 6.45) is -0.0556. The molecule has 116 valence electrons. The van der Waals surface area contributed by atoms with E-state index >= 15 is 0 Å². The van der Waals surface area contributed by atoms with E-state index in [0.717, 1.165) is 0 Å². The minimum absolute atomic E-state index is 0. The number of halogens is 1. The van der Waals surface area contributed by atoms with Crippen LogP contribution in [0.15, 0.2) is 30.3 Å². The van der Waals surface area contributed by atoms with Crippen molar-refractivity contribution < 1.29 is 19.5 Å². The number of hydrogen-bond donors (Lipinski definition) is 3. The predicted molar refractivity (Wildman–Crippen MR) is 80.6 cm³/mol. The fourth-order valence-corrected chi connectivity index (χ4v) is 1.46. The van der Waals surface area contributed by atoms with Crippen LogP contribution in [0.3, 0.4) is 0 Å². The quantitative estimate of drug-likeness (QED) is 0.731. The molecule has 1 aromatic rings. The second-order valence-electron chi connectivity index (χ2n) is 4.25. The van der Waals surface area contributed by atoms with E-state index in [1.54, 1.807) is 31.3 Å². The molecule has 3 N–H and O–H groups in total. The molecule has 0 fully saturated rings. The molecular formula is C13H18ClN3O4. The van der Waals surface area contributed by atoms with Crippen molar-refractivity contribution in [2.45, 2.75) is 6.42 Å². The number of amides is 3. The van der Waals surface area contributed by atoms with Crippen LogP contribution in [0, 0.1) is 0 Å². The van der Waals surface area contributed by atoms with Gasteiger partial charge in [-0.1, -0.05) is 18.2 Å². The molecule has 0 unspecified atom stereocenters. The molecule has 1 rings (SSSR count). The number of carbonyl (C=O) groups is 3. The van der Waals surface area contributed by atoms with Crippen LogP contribution >= 0.6 is 12.4 Å². The number of nitrogens with one attached hydrogen (secondary N) is 2. The number of para-hydroxylation sites is 1. The van der Waals surface area contributed by atoms with Crippen molar-refractivity contribution >= 4 is 36.0 Å². The first-order valence-electron chi connectivity index (χ1n) is 6.03. The highest BCUT2D eigenvalue weighted by atomic mass is 35.5. The first kappa shape index (κ1) is 18.9. The van der Waals surface area contributed by atoms with Crippen molar-refractivity contribution in [2.75, 3.05) is 25.5 Å². The lowest BCUT2D eigenvalue weighted by Gasteiger charge is -2.14. The number of benzene rings is 1. The van der Waals surface area contributed by atoms with Gasteiger partial charge in [-0.05, 0) is 19.2 Å². The van der Waals surface area contributed by atoms with Gasteiger partial charge in [0, 0.05) is 12.2 Å². The molecule has 7 nitrogen and oxygen atoms in total. The Labute approximate surface area is 128 Å². The van der Waals surface area contributed by atoms with Crippen LogP contribution in [0.5, 0.6) is 0 Å². The molecule has 21 heavy (non-hydrogen) atoms. The molecule has 0 heterocycles. The molecule has 0 bridgehead atoms. The first-order valence-corrected chi connectivity index (χ1v) is 6.03. The van der Waals surface area contributed by atoms with Crippen LogP contribution < -0.4 is 10.6 Å². The lowest BCUT2D eigenvalue weighted by atomic mass is 10.3. The van der Waals surface area contributed by atoms with Gasteiger partial charge in [-0.25, -0.2) is 4.79 Å². The van der Waals surface area contributed by atoms with E-state index in [0.29, 0.717) is 5.69 Å². The maximum Gasteiger partial charge on any atom is 0.325 e. The van der Waals surface area contributed by atoms with Crippen molar-refractivity contribution in [1.29, 1.82) is 0 Å². The number of urea groups is 1. The molecule has 0 aliphatic carbocycles. The van der Waals surface area contributed by atoms with E-state index in [1.807, 2.05) is 6.07 Å². The Morgan fingerprint density at radius 1 is 1.19 bits per heavy atom. The molecule has 8 heteroatoms. The van der Waals surface area contributed by atoms with Crippen molar-refractivity contribution in [3.63, 3.8) is 0 Å². The molecule has 0 aliphatic heterocycles. The molecule has 0 spiro atoms. The topological polar surface area (TPSA) is 98.7 Å². The second-order valence-corrected chi connectivity index (χ2v) is 4.25. The van der Waals surface area contributed by atoms with Crippen molar-refractivity contribution in [1.82, 2.24) is 10.2 Å². The normalized spacial score (nSPS) is 9.62. The molecule has 0 atom stereocenters. The molecule has 0 saturated heterocycles. The summed E-state index contributed by atoms with van der Waals surface area (Å²) >= 11 is 0. The number of nitrogens with zero attached hydrogens (tertiary/aromatic N) is 1. The van der Waals surface area contributed by atoms with Gasteiger partial charge >= 0.3 is 12.0 Å². The lowest BCUT2D eigenvalue weighted by Crippen LogP contribution is -2.41. The van der Waals surface area contributed by atoms with Gasteiger partial charge in [0.15, 0.2) is 0 Å². The number of anilines is 1. The van der Waals surface area contributed by atoms with E-state index in [2.05, 4.69) is 10.6 Å². The van der Waals surface area contributed by atoms with Crippen LogP contribution in [0.2, 0.25) is 0 Å². The average Bonchev–Trinajstić information content (AvgIpc) is 2.37. The summed E-state index contributed by atoms with van der Waals surface area (Å²) in [5.74, 6) is -1.43. The fraction of sp³-hybridized carbons (Fsp3) is 0.308. The fourth-order valence-electron chi connectivity index (χ4n) is 1.46. The minimum atomic E-state index is -0.931. The third-order valence-corrected chi connectivity index (χ3v) is 2.41. The first-order chi connectivity index (χ1) is 9.47. The zero-order valence-corrected chi connectivity index (χ0v) is 12.4. The van der Waals surface area contributed by atoms with Crippen molar-refractivity contribution in [3.05, 3.63) is 30.3 Å². The summed E-state index contributed by atoms with van der Waals surface area (Å²) in [7, 11) is 1.61. The second kappa shape index (κ2) is 9.73. The van der Waals surface area contributed by atoms with Gasteiger partial charge < -0.3 is 10.4 Å². The SMILES string of the molecule is CN(CCC(=O)O)CC(=O)NC(=O)Nc1ccccc1.Cl. The number of imide groups is 1. The van der Waals surface area contributed by atoms with Gasteiger partial charge in [0.2, 0.25) is 5.91 Å². The monoisotopic (exact) mass is 315 g/mol. The van der Waals surface area contributed by atoms with Crippen LogP contribution in [-0.4, -0.2) is 48.1 Å². The highest BCUT2D eigenvalue weighted by molar-refractivity contribution is 6.01. The lowest BCUT2D eigenvalue weighted by molar-refractivity contribution is -0.137. The Kier molecular flexibility index (Phi) is 8.75. The van der Waals surface area contributed by atoms with E-state index in [9.17, 15) is 14.4 Å². The summed E-state index contributed by atoms with van der Waals surface area (Å²) in [5.41, 5.74) is 0.581.